The molecule has 0 amide bonds. The summed E-state index contributed by atoms with van der Waals surface area (Å²) in [5.41, 5.74) is -4.10. The van der Waals surface area contributed by atoms with Crippen molar-refractivity contribution in [1.29, 1.82) is 0 Å². The van der Waals surface area contributed by atoms with Crippen molar-refractivity contribution in [2.75, 3.05) is 0 Å². The van der Waals surface area contributed by atoms with Crippen LogP contribution in [-0.2, 0) is 12.4 Å². The molecule has 1 N–H and O–H groups in total. The minimum Gasteiger partial charge on any atom is -0.507 e. The Kier molecular flexibility index (Phi) is 3.06. The van der Waals surface area contributed by atoms with E-state index in [1.165, 1.54) is 0 Å². The van der Waals surface area contributed by atoms with Gasteiger partial charge in [-0.15, -0.1) is 12.6 Å². The molecule has 90 valence electrons. The van der Waals surface area contributed by atoms with Gasteiger partial charge in [0.15, 0.2) is 0 Å². The lowest BCUT2D eigenvalue weighted by Gasteiger charge is -2.18. The Morgan fingerprint density at radius 1 is 0.875 bits per heavy atom. The van der Waals surface area contributed by atoms with Crippen LogP contribution in [0.5, 0.6) is 5.75 Å². The summed E-state index contributed by atoms with van der Waals surface area (Å²) in [7, 11) is 0. The maximum atomic E-state index is 12.4. The minimum absolute atomic E-state index is 0.514. The molecule has 0 unspecified atom stereocenters. The minimum atomic E-state index is -5.30. The molecule has 0 heterocycles. The van der Waals surface area contributed by atoms with Crippen LogP contribution in [0.4, 0.5) is 26.3 Å². The summed E-state index contributed by atoms with van der Waals surface area (Å²) in [5.74, 6) is -1.47. The first kappa shape index (κ1) is 13.0. The fraction of sp³-hybridized carbons (Fsp3) is 0.250. The number of hydrogen-bond acceptors (Lipinski definition) is 2. The normalized spacial score (nSPS) is 12.9. The molecule has 0 bridgehead atoms. The molecular formula is C8H4F6OS. The summed E-state index contributed by atoms with van der Waals surface area (Å²) >= 11 is 3.31. The standard InChI is InChI=1S/C8H4F6OS/c9-7(10,11)5-3(15)1-2-4(16)6(5)8(12,13)14/h1-2,15-16H. The number of aromatic hydroxyl groups is 1. The average molecular weight is 262 g/mol. The third-order valence-electron chi connectivity index (χ3n) is 1.73. The molecule has 0 spiro atoms. The molecule has 1 aromatic carbocycles. The van der Waals surface area contributed by atoms with Crippen molar-refractivity contribution in [3.05, 3.63) is 23.3 Å². The predicted molar refractivity (Wildman–Crippen MR) is 45.4 cm³/mol. The van der Waals surface area contributed by atoms with Crippen molar-refractivity contribution < 1.29 is 31.4 Å². The highest BCUT2D eigenvalue weighted by Gasteiger charge is 2.46. The van der Waals surface area contributed by atoms with Gasteiger partial charge in [0.25, 0.3) is 0 Å². The Hall–Kier alpha value is -1.05. The van der Waals surface area contributed by atoms with E-state index in [1.807, 2.05) is 0 Å². The quantitative estimate of drug-likeness (QED) is 0.539. The van der Waals surface area contributed by atoms with E-state index in [1.54, 1.807) is 0 Å². The number of hydrogen-bond donors (Lipinski definition) is 2. The molecule has 0 aliphatic heterocycles. The van der Waals surface area contributed by atoms with Crippen molar-refractivity contribution in [2.45, 2.75) is 17.2 Å². The number of thiol groups is 1. The number of phenolic OH excluding ortho intramolecular Hbond substituents is 1. The summed E-state index contributed by atoms with van der Waals surface area (Å²) in [6.45, 7) is 0. The number of phenols is 1. The zero-order valence-electron chi connectivity index (χ0n) is 7.32. The fourth-order valence-electron chi connectivity index (χ4n) is 1.15. The summed E-state index contributed by atoms with van der Waals surface area (Å²) in [6, 6.07) is 1.16. The Labute approximate surface area is 91.1 Å². The molecule has 8 heteroatoms. The van der Waals surface area contributed by atoms with Gasteiger partial charge in [0.2, 0.25) is 0 Å². The highest BCUT2D eigenvalue weighted by molar-refractivity contribution is 7.80. The smallest absolute Gasteiger partial charge is 0.420 e. The topological polar surface area (TPSA) is 20.2 Å². The van der Waals surface area contributed by atoms with E-state index < -0.39 is 34.1 Å². The second-order valence-corrected chi connectivity index (χ2v) is 3.33. The van der Waals surface area contributed by atoms with Crippen molar-refractivity contribution in [3.63, 3.8) is 0 Å². The molecule has 0 aromatic heterocycles. The maximum Gasteiger partial charge on any atom is 0.420 e. The molecule has 0 aliphatic rings. The lowest BCUT2D eigenvalue weighted by atomic mass is 10.1. The maximum absolute atomic E-state index is 12.4. The summed E-state index contributed by atoms with van der Waals surface area (Å²) in [4.78, 5) is -0.891. The van der Waals surface area contributed by atoms with Gasteiger partial charge in [-0.2, -0.15) is 26.3 Å². The van der Waals surface area contributed by atoms with Gasteiger partial charge in [-0.25, -0.2) is 0 Å². The van der Waals surface area contributed by atoms with Gasteiger partial charge in [-0.05, 0) is 12.1 Å². The first-order chi connectivity index (χ1) is 7.05. The highest BCUT2D eigenvalue weighted by Crippen LogP contribution is 2.46. The Morgan fingerprint density at radius 3 is 1.62 bits per heavy atom. The van der Waals surface area contributed by atoms with Crippen LogP contribution in [0.3, 0.4) is 0 Å². The van der Waals surface area contributed by atoms with Crippen LogP contribution in [0.15, 0.2) is 17.0 Å². The fourth-order valence-corrected chi connectivity index (χ4v) is 1.47. The van der Waals surface area contributed by atoms with Crippen molar-refractivity contribution in [1.82, 2.24) is 0 Å². The number of halogens is 6. The van der Waals surface area contributed by atoms with Gasteiger partial charge < -0.3 is 5.11 Å². The lowest BCUT2D eigenvalue weighted by Crippen LogP contribution is -2.17. The molecule has 0 radical (unpaired) electrons. The van der Waals surface area contributed by atoms with Gasteiger partial charge in [-0.1, -0.05) is 0 Å². The molecule has 1 aromatic rings. The van der Waals surface area contributed by atoms with E-state index in [2.05, 4.69) is 12.6 Å². The summed E-state index contributed by atoms with van der Waals surface area (Å²) < 4.78 is 74.1. The van der Waals surface area contributed by atoms with Crippen LogP contribution in [-0.4, -0.2) is 5.11 Å². The first-order valence-corrected chi connectivity index (χ1v) is 4.19. The number of benzene rings is 1. The number of alkyl halides is 6. The SMILES string of the molecule is Oc1ccc(S)c(C(F)(F)F)c1C(F)(F)F. The van der Waals surface area contributed by atoms with Gasteiger partial charge in [0.05, 0.1) is 5.56 Å². The van der Waals surface area contributed by atoms with Crippen LogP contribution in [0.2, 0.25) is 0 Å². The van der Waals surface area contributed by atoms with Crippen molar-refractivity contribution in [2.24, 2.45) is 0 Å². The van der Waals surface area contributed by atoms with E-state index in [0.29, 0.717) is 12.1 Å². The van der Waals surface area contributed by atoms with E-state index in [-0.39, 0.29) is 0 Å². The first-order valence-electron chi connectivity index (χ1n) is 3.74. The third-order valence-corrected chi connectivity index (χ3v) is 2.10. The average Bonchev–Trinajstić information content (AvgIpc) is 2.04. The molecule has 1 nitrogen and oxygen atoms in total. The molecule has 0 saturated heterocycles. The highest BCUT2D eigenvalue weighted by atomic mass is 32.1. The molecule has 1 rings (SSSR count). The van der Waals surface area contributed by atoms with Crippen LogP contribution in [0, 0.1) is 0 Å². The molecule has 0 aliphatic carbocycles. The monoisotopic (exact) mass is 262 g/mol. The Bertz CT molecular complexity index is 369. The van der Waals surface area contributed by atoms with Crippen LogP contribution in [0.25, 0.3) is 0 Å². The number of rotatable bonds is 0. The van der Waals surface area contributed by atoms with Crippen molar-refractivity contribution in [3.8, 4) is 5.75 Å². The zero-order chi connectivity index (χ0) is 12.7. The predicted octanol–water partition coefficient (Wildman–Crippen LogP) is 3.72. The van der Waals surface area contributed by atoms with E-state index >= 15 is 0 Å². The van der Waals surface area contributed by atoms with Gasteiger partial charge >= 0.3 is 12.4 Å². The molecule has 0 saturated carbocycles. The second kappa shape index (κ2) is 3.76. The van der Waals surface area contributed by atoms with E-state index in [4.69, 9.17) is 5.11 Å². The molecule has 0 atom stereocenters. The molecule has 16 heavy (non-hydrogen) atoms. The summed E-state index contributed by atoms with van der Waals surface area (Å²) in [5, 5.41) is 8.86. The Balaban J connectivity index is 3.64. The lowest BCUT2D eigenvalue weighted by molar-refractivity contribution is -0.164. The van der Waals surface area contributed by atoms with Crippen molar-refractivity contribution >= 4 is 12.6 Å². The third kappa shape index (κ3) is 2.37. The van der Waals surface area contributed by atoms with Gasteiger partial charge in [0.1, 0.15) is 11.3 Å². The van der Waals surface area contributed by atoms with E-state index in [0.717, 1.165) is 0 Å². The van der Waals surface area contributed by atoms with E-state index in [9.17, 15) is 26.3 Å². The zero-order valence-corrected chi connectivity index (χ0v) is 8.21. The van der Waals surface area contributed by atoms with Crippen LogP contribution in [0.1, 0.15) is 11.1 Å². The largest absolute Gasteiger partial charge is 0.507 e. The van der Waals surface area contributed by atoms with Crippen LogP contribution < -0.4 is 0 Å². The molecular weight excluding hydrogens is 258 g/mol. The van der Waals surface area contributed by atoms with Gasteiger partial charge in [0, 0.05) is 4.90 Å². The van der Waals surface area contributed by atoms with Gasteiger partial charge in [-0.3, -0.25) is 0 Å². The van der Waals surface area contributed by atoms with Crippen LogP contribution >= 0.6 is 12.6 Å². The second-order valence-electron chi connectivity index (χ2n) is 2.85. The molecule has 0 fully saturated rings. The Morgan fingerprint density at radius 2 is 1.31 bits per heavy atom. The summed E-state index contributed by atoms with van der Waals surface area (Å²) in [6.07, 6.45) is -10.5.